The number of nitrogens with zero attached hydrogens (tertiary/aromatic N) is 4. The van der Waals surface area contributed by atoms with E-state index < -0.39 is 11.5 Å². The molecule has 0 aromatic carbocycles. The van der Waals surface area contributed by atoms with Gasteiger partial charge in [0.05, 0.1) is 6.54 Å². The number of rotatable bonds is 3. The second-order valence-electron chi connectivity index (χ2n) is 2.86. The molecule has 12 heavy (non-hydrogen) atoms. The van der Waals surface area contributed by atoms with Crippen LogP contribution in [-0.4, -0.2) is 42.2 Å². The normalized spacial score (nSPS) is 14.3. The third-order valence-electron chi connectivity index (χ3n) is 1.31. The summed E-state index contributed by atoms with van der Waals surface area (Å²) in [7, 11) is 3.04. The van der Waals surface area contributed by atoms with Gasteiger partial charge in [-0.3, -0.25) is 4.79 Å². The molecule has 0 spiro atoms. The van der Waals surface area contributed by atoms with Crippen molar-refractivity contribution in [2.75, 3.05) is 20.6 Å². The number of carbonyl (C=O) groups excluding carboxylic acids is 1. The molecule has 68 valence electrons. The molecule has 1 atom stereocenters. The Morgan fingerprint density at radius 3 is 2.58 bits per heavy atom. The van der Waals surface area contributed by atoms with Gasteiger partial charge in [-0.15, -0.1) is 0 Å². The Balaban J connectivity index is 4.38. The molecule has 0 heterocycles. The van der Waals surface area contributed by atoms with Crippen LogP contribution in [0.1, 0.15) is 6.92 Å². The van der Waals surface area contributed by atoms with Gasteiger partial charge >= 0.3 is 0 Å². The van der Waals surface area contributed by atoms with Gasteiger partial charge in [-0.2, -0.15) is 0 Å². The van der Waals surface area contributed by atoms with Crippen LogP contribution < -0.4 is 0 Å². The van der Waals surface area contributed by atoms with Gasteiger partial charge in [0.15, 0.2) is 0 Å². The zero-order chi connectivity index (χ0) is 9.78. The zero-order valence-corrected chi connectivity index (χ0v) is 7.35. The van der Waals surface area contributed by atoms with Crippen molar-refractivity contribution in [2.24, 2.45) is 5.11 Å². The van der Waals surface area contributed by atoms with Gasteiger partial charge in [-0.25, -0.2) is 0 Å². The minimum absolute atomic E-state index is 0.249. The molecule has 0 aromatic rings. The Kier molecular flexibility index (Phi) is 3.53. The summed E-state index contributed by atoms with van der Waals surface area (Å²) in [5.41, 5.74) is 6.37. The minimum atomic E-state index is -1.60. The molecular formula is C6H12N4O2. The Morgan fingerprint density at radius 1 is 1.75 bits per heavy atom. The maximum Gasteiger partial charge on any atom is 0.253 e. The number of amides is 1. The molecule has 0 fully saturated rings. The van der Waals surface area contributed by atoms with E-state index in [2.05, 4.69) is 10.0 Å². The number of aliphatic hydroxyl groups is 1. The number of likely N-dealkylation sites (N-methyl/N-ethyl adjacent to an activating group) is 1. The molecule has 0 aliphatic carbocycles. The lowest BCUT2D eigenvalue weighted by Crippen LogP contribution is -2.45. The molecule has 0 saturated heterocycles. The highest BCUT2D eigenvalue weighted by Crippen LogP contribution is 2.06. The van der Waals surface area contributed by atoms with Crippen molar-refractivity contribution in [3.8, 4) is 0 Å². The summed E-state index contributed by atoms with van der Waals surface area (Å²) in [4.78, 5) is 14.9. The van der Waals surface area contributed by atoms with Crippen LogP contribution in [0.4, 0.5) is 0 Å². The molecule has 0 unspecified atom stereocenters. The Bertz CT molecular complexity index is 218. The first-order chi connectivity index (χ1) is 5.41. The Labute approximate surface area is 70.4 Å². The Hall–Kier alpha value is -1.26. The molecule has 0 radical (unpaired) electrons. The maximum atomic E-state index is 11.2. The fourth-order valence-electron chi connectivity index (χ4n) is 0.719. The second kappa shape index (κ2) is 3.94. The van der Waals surface area contributed by atoms with E-state index >= 15 is 0 Å². The van der Waals surface area contributed by atoms with Crippen molar-refractivity contribution < 1.29 is 9.90 Å². The average Bonchev–Trinajstić information content (AvgIpc) is 1.99. The van der Waals surface area contributed by atoms with E-state index in [1.165, 1.54) is 25.9 Å². The predicted octanol–water partition coefficient (Wildman–Crippen LogP) is 0.136. The molecule has 0 aliphatic rings. The Morgan fingerprint density at radius 2 is 2.25 bits per heavy atom. The third-order valence-corrected chi connectivity index (χ3v) is 1.31. The molecule has 1 N–H and O–H groups in total. The lowest BCUT2D eigenvalue weighted by atomic mass is 10.1. The summed E-state index contributed by atoms with van der Waals surface area (Å²) in [5, 5.41) is 12.6. The van der Waals surface area contributed by atoms with Crippen LogP contribution in [0.3, 0.4) is 0 Å². The van der Waals surface area contributed by atoms with E-state index in [-0.39, 0.29) is 6.54 Å². The van der Waals surface area contributed by atoms with E-state index in [0.29, 0.717) is 0 Å². The summed E-state index contributed by atoms with van der Waals surface area (Å²) >= 11 is 0. The number of hydrogen-bond acceptors (Lipinski definition) is 3. The molecule has 1 amide bonds. The molecule has 0 saturated carbocycles. The first-order valence-electron chi connectivity index (χ1n) is 3.37. The van der Waals surface area contributed by atoms with Gasteiger partial charge in [0, 0.05) is 19.0 Å². The summed E-state index contributed by atoms with van der Waals surface area (Å²) in [6, 6.07) is 0. The van der Waals surface area contributed by atoms with Gasteiger partial charge in [0.25, 0.3) is 5.91 Å². The summed E-state index contributed by atoms with van der Waals surface area (Å²) in [6.07, 6.45) is 0. The largest absolute Gasteiger partial charge is 0.380 e. The van der Waals surface area contributed by atoms with Crippen molar-refractivity contribution in [3.63, 3.8) is 0 Å². The van der Waals surface area contributed by atoms with Gasteiger partial charge in [0.1, 0.15) is 5.60 Å². The molecule has 0 aliphatic heterocycles. The quantitative estimate of drug-likeness (QED) is 0.372. The average molecular weight is 172 g/mol. The van der Waals surface area contributed by atoms with Crippen LogP contribution in [0, 0.1) is 0 Å². The fraction of sp³-hybridized carbons (Fsp3) is 0.833. The molecular weight excluding hydrogens is 160 g/mol. The highest BCUT2D eigenvalue weighted by molar-refractivity contribution is 5.84. The van der Waals surface area contributed by atoms with E-state index in [9.17, 15) is 9.90 Å². The van der Waals surface area contributed by atoms with Crippen molar-refractivity contribution >= 4 is 5.91 Å². The molecule has 0 aromatic heterocycles. The van der Waals surface area contributed by atoms with Crippen LogP contribution in [0.15, 0.2) is 5.11 Å². The van der Waals surface area contributed by atoms with Gasteiger partial charge in [-0.05, 0) is 12.5 Å². The van der Waals surface area contributed by atoms with Gasteiger partial charge in [0.2, 0.25) is 0 Å². The van der Waals surface area contributed by atoms with Crippen molar-refractivity contribution in [1.82, 2.24) is 4.90 Å². The summed E-state index contributed by atoms with van der Waals surface area (Å²) < 4.78 is 0. The summed E-state index contributed by atoms with van der Waals surface area (Å²) in [5.74, 6) is -0.477. The van der Waals surface area contributed by atoms with E-state index in [1.807, 2.05) is 0 Å². The van der Waals surface area contributed by atoms with Crippen LogP contribution >= 0.6 is 0 Å². The van der Waals surface area contributed by atoms with Crippen LogP contribution in [0.2, 0.25) is 0 Å². The van der Waals surface area contributed by atoms with Gasteiger partial charge < -0.3 is 10.0 Å². The number of hydrogen-bond donors (Lipinski definition) is 1. The van der Waals surface area contributed by atoms with Crippen LogP contribution in [-0.2, 0) is 4.79 Å². The molecule has 6 nitrogen and oxygen atoms in total. The highest BCUT2D eigenvalue weighted by Gasteiger charge is 2.30. The maximum absolute atomic E-state index is 11.2. The first kappa shape index (κ1) is 10.7. The smallest absolute Gasteiger partial charge is 0.253 e. The highest BCUT2D eigenvalue weighted by atomic mass is 16.3. The third kappa shape index (κ3) is 2.77. The lowest BCUT2D eigenvalue weighted by Gasteiger charge is -2.23. The minimum Gasteiger partial charge on any atom is -0.380 e. The second-order valence-corrected chi connectivity index (χ2v) is 2.86. The standard InChI is InChI=1S/C6H12N4O2/c1-6(12,4-8-9-7)5(11)10(2)3/h12H,4H2,1-3H3/t6-/m0/s1. The van der Waals surface area contributed by atoms with Crippen molar-refractivity contribution in [1.29, 1.82) is 0 Å². The predicted molar refractivity (Wildman–Crippen MR) is 43.3 cm³/mol. The number of azide groups is 1. The van der Waals surface area contributed by atoms with E-state index in [4.69, 9.17) is 5.53 Å². The van der Waals surface area contributed by atoms with Crippen molar-refractivity contribution in [3.05, 3.63) is 10.4 Å². The van der Waals surface area contributed by atoms with Crippen LogP contribution in [0.25, 0.3) is 10.4 Å². The van der Waals surface area contributed by atoms with Crippen molar-refractivity contribution in [2.45, 2.75) is 12.5 Å². The summed E-state index contributed by atoms with van der Waals surface area (Å²) in [6.45, 7) is 1.06. The zero-order valence-electron chi connectivity index (χ0n) is 7.35. The molecule has 6 heteroatoms. The van der Waals surface area contributed by atoms with Crippen LogP contribution in [0.5, 0.6) is 0 Å². The van der Waals surface area contributed by atoms with E-state index in [0.717, 1.165) is 0 Å². The number of carbonyl (C=O) groups is 1. The SMILES string of the molecule is CN(C)C(=O)[C@@](C)(O)CN=[N+]=[N-]. The lowest BCUT2D eigenvalue weighted by molar-refractivity contribution is -0.145. The first-order valence-corrected chi connectivity index (χ1v) is 3.37. The molecule has 0 bridgehead atoms. The monoisotopic (exact) mass is 172 g/mol. The molecule has 0 rings (SSSR count). The van der Waals surface area contributed by atoms with E-state index in [1.54, 1.807) is 0 Å². The topological polar surface area (TPSA) is 89.3 Å². The van der Waals surface area contributed by atoms with Gasteiger partial charge in [-0.1, -0.05) is 5.11 Å². The fourth-order valence-corrected chi connectivity index (χ4v) is 0.719.